The molecule has 0 aliphatic rings. The van der Waals surface area contributed by atoms with Crippen LogP contribution in [0.3, 0.4) is 0 Å². The van der Waals surface area contributed by atoms with E-state index in [1.165, 1.54) is 16.7 Å². The summed E-state index contributed by atoms with van der Waals surface area (Å²) in [4.78, 5) is 12.5. The van der Waals surface area contributed by atoms with Gasteiger partial charge in [-0.1, -0.05) is 78.9 Å². The van der Waals surface area contributed by atoms with E-state index in [0.717, 1.165) is 24.0 Å². The minimum absolute atomic E-state index is 0.0318. The molecule has 0 spiro atoms. The van der Waals surface area contributed by atoms with Gasteiger partial charge >= 0.3 is 0 Å². The van der Waals surface area contributed by atoms with Crippen LogP contribution in [0, 0.1) is 0 Å². The maximum absolute atomic E-state index is 12.5. The number of hydrogen-bond acceptors (Lipinski definition) is 3. The first-order chi connectivity index (χ1) is 14.0. The van der Waals surface area contributed by atoms with E-state index in [1.807, 2.05) is 49.4 Å². The second-order valence-electron chi connectivity index (χ2n) is 8.00. The number of aryl methyl sites for hydroxylation is 2. The van der Waals surface area contributed by atoms with Crippen LogP contribution in [-0.2, 0) is 12.8 Å². The summed E-state index contributed by atoms with van der Waals surface area (Å²) in [6, 6.07) is 26.5. The second-order valence-corrected chi connectivity index (χ2v) is 8.00. The Bertz CT molecular complexity index is 913. The van der Waals surface area contributed by atoms with E-state index >= 15 is 0 Å². The molecule has 0 unspecified atom stereocenters. The topological polar surface area (TPSA) is 63.3 Å². The van der Waals surface area contributed by atoms with Crippen LogP contribution < -0.4 is 5.73 Å². The lowest BCUT2D eigenvalue weighted by molar-refractivity contribution is 0.0983. The molecule has 3 rings (SSSR count). The highest BCUT2D eigenvalue weighted by Crippen LogP contribution is 2.20. The molecular weight excluding hydrogens is 358 g/mol. The molecule has 0 fully saturated rings. The van der Waals surface area contributed by atoms with Gasteiger partial charge < -0.3 is 10.8 Å². The number of aliphatic hydroxyl groups excluding tert-OH is 1. The zero-order chi connectivity index (χ0) is 20.7. The Balaban J connectivity index is 1.53. The quantitative estimate of drug-likeness (QED) is 0.518. The lowest BCUT2D eigenvalue weighted by atomic mass is 9.94. The fourth-order valence-corrected chi connectivity index (χ4v) is 3.26. The maximum Gasteiger partial charge on any atom is 0.163 e. The van der Waals surface area contributed by atoms with Crippen LogP contribution in [0.5, 0.6) is 0 Å². The van der Waals surface area contributed by atoms with Gasteiger partial charge in [-0.2, -0.15) is 0 Å². The van der Waals surface area contributed by atoms with E-state index in [4.69, 9.17) is 5.73 Å². The van der Waals surface area contributed by atoms with Crippen LogP contribution in [0.4, 0.5) is 0 Å². The third kappa shape index (κ3) is 6.11. The predicted octanol–water partition coefficient (Wildman–Crippen LogP) is 4.81. The normalized spacial score (nSPS) is 13.1. The molecule has 3 aromatic rings. The number of aliphatic hydroxyl groups is 1. The number of ketones is 1. The molecule has 150 valence electrons. The SMILES string of the molecule is C[C@](N)(CO)CCc1ccc(C(=O)CCc2ccc(-c3ccccc3)cc2)cc1. The van der Waals surface area contributed by atoms with Crippen molar-refractivity contribution in [3.05, 3.63) is 95.6 Å². The Kier molecular flexibility index (Phi) is 6.97. The second kappa shape index (κ2) is 9.64. The molecule has 0 radical (unpaired) electrons. The van der Waals surface area contributed by atoms with Crippen LogP contribution in [0.25, 0.3) is 11.1 Å². The van der Waals surface area contributed by atoms with Crippen LogP contribution >= 0.6 is 0 Å². The molecule has 3 nitrogen and oxygen atoms in total. The molecule has 0 aliphatic heterocycles. The Labute approximate surface area is 173 Å². The first kappa shape index (κ1) is 21.0. The van der Waals surface area contributed by atoms with Crippen molar-refractivity contribution in [3.8, 4) is 11.1 Å². The largest absolute Gasteiger partial charge is 0.394 e. The molecule has 0 amide bonds. The van der Waals surface area contributed by atoms with Crippen molar-refractivity contribution >= 4 is 5.78 Å². The summed E-state index contributed by atoms with van der Waals surface area (Å²) in [5.74, 6) is 0.155. The monoisotopic (exact) mass is 387 g/mol. The first-order valence-electron chi connectivity index (χ1n) is 10.1. The van der Waals surface area contributed by atoms with Gasteiger partial charge in [-0.15, -0.1) is 0 Å². The van der Waals surface area contributed by atoms with Gasteiger partial charge in [0.1, 0.15) is 0 Å². The van der Waals surface area contributed by atoms with E-state index in [-0.39, 0.29) is 12.4 Å². The average Bonchev–Trinajstić information content (AvgIpc) is 2.77. The van der Waals surface area contributed by atoms with Gasteiger partial charge in [-0.25, -0.2) is 0 Å². The van der Waals surface area contributed by atoms with Crippen molar-refractivity contribution in [1.82, 2.24) is 0 Å². The van der Waals surface area contributed by atoms with Crippen molar-refractivity contribution in [3.63, 3.8) is 0 Å². The number of nitrogens with two attached hydrogens (primary N) is 1. The third-order valence-corrected chi connectivity index (χ3v) is 5.32. The number of Topliss-reactive ketones (excluding diaryl/α,β-unsaturated/α-hetero) is 1. The summed E-state index contributed by atoms with van der Waals surface area (Å²) in [5, 5.41) is 9.25. The highest BCUT2D eigenvalue weighted by Gasteiger charge is 2.16. The summed E-state index contributed by atoms with van der Waals surface area (Å²) in [6.07, 6.45) is 2.72. The molecule has 29 heavy (non-hydrogen) atoms. The summed E-state index contributed by atoms with van der Waals surface area (Å²) < 4.78 is 0. The van der Waals surface area contributed by atoms with E-state index in [0.29, 0.717) is 12.8 Å². The minimum Gasteiger partial charge on any atom is -0.394 e. The Hall–Kier alpha value is -2.75. The van der Waals surface area contributed by atoms with Gasteiger partial charge in [-0.05, 0) is 48.4 Å². The Morgan fingerprint density at radius 3 is 2.00 bits per heavy atom. The van der Waals surface area contributed by atoms with Gasteiger partial charge in [-0.3, -0.25) is 4.79 Å². The lowest BCUT2D eigenvalue weighted by Gasteiger charge is -2.21. The molecule has 0 saturated heterocycles. The highest BCUT2D eigenvalue weighted by molar-refractivity contribution is 5.96. The van der Waals surface area contributed by atoms with Gasteiger partial charge in [0.2, 0.25) is 0 Å². The smallest absolute Gasteiger partial charge is 0.163 e. The summed E-state index contributed by atoms with van der Waals surface area (Å²) in [7, 11) is 0. The van der Waals surface area contributed by atoms with Crippen LogP contribution in [0.2, 0.25) is 0 Å². The van der Waals surface area contributed by atoms with E-state index in [2.05, 4.69) is 36.4 Å². The molecule has 1 atom stereocenters. The van der Waals surface area contributed by atoms with Crippen molar-refractivity contribution < 1.29 is 9.90 Å². The molecule has 3 aromatic carbocycles. The van der Waals surface area contributed by atoms with E-state index in [1.54, 1.807) is 0 Å². The van der Waals surface area contributed by atoms with Gasteiger partial charge in [0.05, 0.1) is 6.61 Å². The number of carbonyl (C=O) groups excluding carboxylic acids is 1. The zero-order valence-corrected chi connectivity index (χ0v) is 17.0. The highest BCUT2D eigenvalue weighted by atomic mass is 16.3. The predicted molar refractivity (Wildman–Crippen MR) is 119 cm³/mol. The Morgan fingerprint density at radius 2 is 1.38 bits per heavy atom. The van der Waals surface area contributed by atoms with Crippen LogP contribution in [0.1, 0.15) is 41.3 Å². The van der Waals surface area contributed by atoms with Crippen LogP contribution in [-0.4, -0.2) is 23.0 Å². The van der Waals surface area contributed by atoms with E-state index in [9.17, 15) is 9.90 Å². The minimum atomic E-state index is -0.565. The van der Waals surface area contributed by atoms with Crippen molar-refractivity contribution in [2.45, 2.75) is 38.1 Å². The molecule has 0 aromatic heterocycles. The molecule has 3 heteroatoms. The van der Waals surface area contributed by atoms with Crippen LogP contribution in [0.15, 0.2) is 78.9 Å². The standard InChI is InChI=1S/C26H29NO2/c1-26(27,19-28)18-17-21-9-14-24(15-10-21)25(29)16-11-20-7-12-23(13-8-20)22-5-3-2-4-6-22/h2-10,12-15,28H,11,16-19,27H2,1H3/t26-/m1/s1. The lowest BCUT2D eigenvalue weighted by Crippen LogP contribution is -2.40. The fraction of sp³-hybridized carbons (Fsp3) is 0.269. The maximum atomic E-state index is 12.5. The number of carbonyl (C=O) groups is 1. The molecular formula is C26H29NO2. The molecule has 0 bridgehead atoms. The number of rotatable bonds is 9. The molecule has 0 heterocycles. The molecule has 3 N–H and O–H groups in total. The van der Waals surface area contributed by atoms with Crippen molar-refractivity contribution in [2.75, 3.05) is 6.61 Å². The summed E-state index contributed by atoms with van der Waals surface area (Å²) in [6.45, 7) is 1.81. The molecule has 0 saturated carbocycles. The first-order valence-corrected chi connectivity index (χ1v) is 10.1. The number of benzene rings is 3. The number of hydrogen-bond donors (Lipinski definition) is 2. The summed E-state index contributed by atoms with van der Waals surface area (Å²) >= 11 is 0. The summed E-state index contributed by atoms with van der Waals surface area (Å²) in [5.41, 5.74) is 10.8. The van der Waals surface area contributed by atoms with E-state index < -0.39 is 5.54 Å². The van der Waals surface area contributed by atoms with Gasteiger partial charge in [0, 0.05) is 17.5 Å². The third-order valence-electron chi connectivity index (χ3n) is 5.32. The fourth-order valence-electron chi connectivity index (χ4n) is 3.26. The van der Waals surface area contributed by atoms with Gasteiger partial charge in [0.25, 0.3) is 0 Å². The zero-order valence-electron chi connectivity index (χ0n) is 17.0. The molecule has 0 aliphatic carbocycles. The van der Waals surface area contributed by atoms with Crippen molar-refractivity contribution in [1.29, 1.82) is 0 Å². The average molecular weight is 388 g/mol. The Morgan fingerprint density at radius 1 is 0.828 bits per heavy atom. The van der Waals surface area contributed by atoms with Gasteiger partial charge in [0.15, 0.2) is 5.78 Å². The van der Waals surface area contributed by atoms with Crippen molar-refractivity contribution in [2.24, 2.45) is 5.73 Å².